The quantitative estimate of drug-likeness (QED) is 0.828. The Kier molecular flexibility index (Phi) is 5.78. The summed E-state index contributed by atoms with van der Waals surface area (Å²) < 4.78 is 11.1. The third-order valence-corrected chi connectivity index (χ3v) is 4.87. The average molecular weight is 354 g/mol. The molecule has 0 saturated heterocycles. The lowest BCUT2D eigenvalue weighted by molar-refractivity contribution is -0.127. The van der Waals surface area contributed by atoms with E-state index in [-0.39, 0.29) is 5.91 Å². The molecule has 2 aromatic carbocycles. The van der Waals surface area contributed by atoms with Gasteiger partial charge in [0.15, 0.2) is 11.5 Å². The summed E-state index contributed by atoms with van der Waals surface area (Å²) in [5, 5.41) is 2.97. The van der Waals surface area contributed by atoms with Crippen LogP contribution in [-0.4, -0.2) is 18.6 Å². The topological polar surface area (TPSA) is 73.6 Å². The minimum atomic E-state index is -0.703. The molecular weight excluding hydrogens is 328 g/mol. The van der Waals surface area contributed by atoms with E-state index in [1.54, 1.807) is 7.11 Å². The van der Waals surface area contributed by atoms with Gasteiger partial charge in [-0.15, -0.1) is 0 Å². The molecule has 26 heavy (non-hydrogen) atoms. The fraction of sp³-hybridized carbons (Fsp3) is 0.381. The molecule has 0 atom stereocenters. The van der Waals surface area contributed by atoms with Crippen molar-refractivity contribution in [3.63, 3.8) is 0 Å². The largest absolute Gasteiger partial charge is 0.493 e. The second-order valence-electron chi connectivity index (χ2n) is 6.80. The zero-order valence-corrected chi connectivity index (χ0v) is 15.2. The van der Waals surface area contributed by atoms with E-state index in [0.717, 1.165) is 31.2 Å². The van der Waals surface area contributed by atoms with Crippen molar-refractivity contribution >= 4 is 5.91 Å². The number of nitrogens with one attached hydrogen (secondary N) is 1. The number of hydrogen-bond acceptors (Lipinski definition) is 4. The van der Waals surface area contributed by atoms with Crippen LogP contribution in [0.1, 0.15) is 37.7 Å². The van der Waals surface area contributed by atoms with Gasteiger partial charge >= 0.3 is 0 Å². The van der Waals surface area contributed by atoms with Gasteiger partial charge in [-0.25, -0.2) is 0 Å². The van der Waals surface area contributed by atoms with E-state index < -0.39 is 5.54 Å². The van der Waals surface area contributed by atoms with E-state index in [1.807, 2.05) is 48.5 Å². The molecule has 0 aromatic heterocycles. The fourth-order valence-corrected chi connectivity index (χ4v) is 3.27. The lowest BCUT2D eigenvalue weighted by atomic mass is 9.82. The van der Waals surface area contributed by atoms with Gasteiger partial charge in [-0.05, 0) is 42.7 Å². The van der Waals surface area contributed by atoms with E-state index in [0.29, 0.717) is 23.8 Å². The molecule has 2 aromatic rings. The zero-order valence-electron chi connectivity index (χ0n) is 15.2. The molecule has 0 aliphatic heterocycles. The van der Waals surface area contributed by atoms with Gasteiger partial charge in [-0.3, -0.25) is 4.79 Å². The molecule has 1 aliphatic carbocycles. The van der Waals surface area contributed by atoms with E-state index in [1.165, 1.54) is 6.42 Å². The van der Waals surface area contributed by atoms with Gasteiger partial charge in [0.05, 0.1) is 12.6 Å². The summed E-state index contributed by atoms with van der Waals surface area (Å²) in [5.41, 5.74) is 6.56. The Morgan fingerprint density at radius 1 is 1.04 bits per heavy atom. The summed E-state index contributed by atoms with van der Waals surface area (Å²) in [6.45, 7) is 0.465. The summed E-state index contributed by atoms with van der Waals surface area (Å²) >= 11 is 0. The van der Waals surface area contributed by atoms with Crippen LogP contribution in [0.25, 0.3) is 0 Å². The monoisotopic (exact) mass is 354 g/mol. The molecule has 1 amide bonds. The molecule has 1 aliphatic rings. The van der Waals surface area contributed by atoms with Crippen LogP contribution in [-0.2, 0) is 11.3 Å². The molecule has 0 spiro atoms. The predicted molar refractivity (Wildman–Crippen MR) is 101 cm³/mol. The van der Waals surface area contributed by atoms with Gasteiger partial charge in [0.1, 0.15) is 5.75 Å². The average Bonchev–Trinajstić information content (AvgIpc) is 2.68. The fourth-order valence-electron chi connectivity index (χ4n) is 3.27. The zero-order chi connectivity index (χ0) is 18.4. The third-order valence-electron chi connectivity index (χ3n) is 4.87. The molecule has 3 N–H and O–H groups in total. The maximum atomic E-state index is 12.4. The Morgan fingerprint density at radius 3 is 2.35 bits per heavy atom. The van der Waals surface area contributed by atoms with Crippen molar-refractivity contribution in [3.05, 3.63) is 54.1 Å². The first-order chi connectivity index (χ1) is 12.6. The highest BCUT2D eigenvalue weighted by Crippen LogP contribution is 2.31. The van der Waals surface area contributed by atoms with Gasteiger partial charge in [-0.1, -0.05) is 43.5 Å². The van der Waals surface area contributed by atoms with Crippen molar-refractivity contribution < 1.29 is 14.3 Å². The van der Waals surface area contributed by atoms with Crippen molar-refractivity contribution in [1.29, 1.82) is 0 Å². The summed E-state index contributed by atoms with van der Waals surface area (Å²) in [4.78, 5) is 12.4. The number of rotatable bonds is 6. The second kappa shape index (κ2) is 8.23. The Bertz CT molecular complexity index is 737. The van der Waals surface area contributed by atoms with Crippen LogP contribution in [0.3, 0.4) is 0 Å². The van der Waals surface area contributed by atoms with Crippen LogP contribution >= 0.6 is 0 Å². The Labute approximate surface area is 154 Å². The number of para-hydroxylation sites is 2. The molecule has 1 fully saturated rings. The number of benzene rings is 2. The van der Waals surface area contributed by atoms with Crippen molar-refractivity contribution in [3.8, 4) is 17.2 Å². The molecule has 0 radical (unpaired) electrons. The second-order valence-corrected chi connectivity index (χ2v) is 6.80. The highest BCUT2D eigenvalue weighted by Gasteiger charge is 2.34. The summed E-state index contributed by atoms with van der Waals surface area (Å²) in [5.74, 6) is 2.02. The molecule has 138 valence electrons. The van der Waals surface area contributed by atoms with Gasteiger partial charge in [0, 0.05) is 6.54 Å². The highest BCUT2D eigenvalue weighted by atomic mass is 16.5. The molecule has 5 nitrogen and oxygen atoms in total. The number of amides is 1. The standard InChI is InChI=1S/C21H26N2O3/c1-25-18-7-3-4-8-19(18)26-17-11-9-16(10-12-17)15-23-20(24)21(22)13-5-2-6-14-21/h3-4,7-12H,2,5-6,13-15,22H2,1H3,(H,23,24). The number of carbonyl (C=O) groups is 1. The first kappa shape index (κ1) is 18.3. The molecule has 5 heteroatoms. The van der Waals surface area contributed by atoms with E-state index >= 15 is 0 Å². The molecule has 0 unspecified atom stereocenters. The van der Waals surface area contributed by atoms with Gasteiger partial charge in [-0.2, -0.15) is 0 Å². The van der Waals surface area contributed by atoms with E-state index in [4.69, 9.17) is 15.2 Å². The van der Waals surface area contributed by atoms with Crippen molar-refractivity contribution in [2.24, 2.45) is 5.73 Å². The highest BCUT2D eigenvalue weighted by molar-refractivity contribution is 5.86. The van der Waals surface area contributed by atoms with Gasteiger partial charge in [0.2, 0.25) is 5.91 Å². The van der Waals surface area contributed by atoms with Crippen LogP contribution in [0.2, 0.25) is 0 Å². The van der Waals surface area contributed by atoms with Crippen LogP contribution in [0, 0.1) is 0 Å². The Balaban J connectivity index is 1.57. The summed E-state index contributed by atoms with van der Waals surface area (Å²) in [6, 6.07) is 15.2. The van der Waals surface area contributed by atoms with E-state index in [2.05, 4.69) is 5.32 Å². The first-order valence-corrected chi connectivity index (χ1v) is 9.08. The SMILES string of the molecule is COc1ccccc1Oc1ccc(CNC(=O)C2(N)CCCCC2)cc1. The third kappa shape index (κ3) is 4.35. The lowest BCUT2D eigenvalue weighted by Crippen LogP contribution is -2.54. The number of hydrogen-bond donors (Lipinski definition) is 2. The number of methoxy groups -OCH3 is 1. The van der Waals surface area contributed by atoms with Crippen LogP contribution < -0.4 is 20.5 Å². The maximum absolute atomic E-state index is 12.4. The number of carbonyl (C=O) groups excluding carboxylic acids is 1. The summed E-state index contributed by atoms with van der Waals surface area (Å²) in [7, 11) is 1.62. The first-order valence-electron chi connectivity index (χ1n) is 9.08. The normalized spacial score (nSPS) is 15.9. The smallest absolute Gasteiger partial charge is 0.240 e. The van der Waals surface area contributed by atoms with E-state index in [9.17, 15) is 4.79 Å². The minimum Gasteiger partial charge on any atom is -0.493 e. The Morgan fingerprint density at radius 2 is 1.69 bits per heavy atom. The summed E-state index contributed by atoms with van der Waals surface area (Å²) in [6.07, 6.45) is 4.76. The van der Waals surface area contributed by atoms with Crippen LogP contribution in [0.15, 0.2) is 48.5 Å². The lowest BCUT2D eigenvalue weighted by Gasteiger charge is -2.31. The molecule has 1 saturated carbocycles. The predicted octanol–water partition coefficient (Wildman–Crippen LogP) is 3.77. The van der Waals surface area contributed by atoms with Gasteiger partial charge in [0.25, 0.3) is 0 Å². The van der Waals surface area contributed by atoms with Crippen molar-refractivity contribution in [2.75, 3.05) is 7.11 Å². The van der Waals surface area contributed by atoms with Crippen LogP contribution in [0.5, 0.6) is 17.2 Å². The molecular formula is C21H26N2O3. The minimum absolute atomic E-state index is 0.0495. The molecule has 0 heterocycles. The maximum Gasteiger partial charge on any atom is 0.240 e. The molecule has 0 bridgehead atoms. The Hall–Kier alpha value is -2.53. The van der Waals surface area contributed by atoms with Gasteiger partial charge < -0.3 is 20.5 Å². The van der Waals surface area contributed by atoms with Crippen molar-refractivity contribution in [1.82, 2.24) is 5.32 Å². The molecule has 3 rings (SSSR count). The number of ether oxygens (including phenoxy) is 2. The van der Waals surface area contributed by atoms with Crippen LogP contribution in [0.4, 0.5) is 0 Å². The van der Waals surface area contributed by atoms with Crippen molar-refractivity contribution in [2.45, 2.75) is 44.2 Å². The number of nitrogens with two attached hydrogens (primary N) is 1.